The number of rotatable bonds is 7. The van der Waals surface area contributed by atoms with Gasteiger partial charge in [-0.25, -0.2) is 4.79 Å². The minimum atomic E-state index is -0.588. The van der Waals surface area contributed by atoms with Crippen LogP contribution in [-0.4, -0.2) is 27.3 Å². The van der Waals surface area contributed by atoms with Crippen LogP contribution in [-0.2, 0) is 17.9 Å². The number of fused-ring (bicyclic) bond motifs is 1. The first-order valence-corrected chi connectivity index (χ1v) is 9.72. The van der Waals surface area contributed by atoms with Crippen molar-refractivity contribution in [2.75, 3.05) is 7.05 Å². The summed E-state index contributed by atoms with van der Waals surface area (Å²) >= 11 is 4.98. The number of non-ortho nitro benzene ring substituents is 1. The van der Waals surface area contributed by atoms with Gasteiger partial charge in [0.15, 0.2) is 5.58 Å². The first kappa shape index (κ1) is 19.3. The van der Waals surface area contributed by atoms with E-state index in [0.717, 1.165) is 8.66 Å². The molecule has 2 heterocycles. The Morgan fingerprint density at radius 2 is 2.15 bits per heavy atom. The summed E-state index contributed by atoms with van der Waals surface area (Å²) < 4.78 is 7.49. The lowest BCUT2D eigenvalue weighted by Crippen LogP contribution is -2.26. The number of amides is 1. The molecule has 0 saturated heterocycles. The van der Waals surface area contributed by atoms with Gasteiger partial charge in [-0.15, -0.1) is 11.3 Å². The Balaban J connectivity index is 1.61. The molecule has 3 rings (SSSR count). The molecule has 0 fully saturated rings. The van der Waals surface area contributed by atoms with Crippen molar-refractivity contribution in [3.05, 3.63) is 59.7 Å². The van der Waals surface area contributed by atoms with Gasteiger partial charge in [0, 0.05) is 31.0 Å². The Bertz CT molecular complexity index is 1050. The van der Waals surface area contributed by atoms with Gasteiger partial charge in [0.25, 0.3) is 5.69 Å². The second kappa shape index (κ2) is 8.05. The van der Waals surface area contributed by atoms with Crippen LogP contribution in [0, 0.1) is 10.1 Å². The normalized spacial score (nSPS) is 11.0. The molecule has 0 radical (unpaired) electrons. The molecule has 10 heteroatoms. The van der Waals surface area contributed by atoms with Crippen LogP contribution in [0.4, 0.5) is 5.69 Å². The predicted octanol–water partition coefficient (Wildman–Crippen LogP) is 3.77. The molecule has 0 atom stereocenters. The summed E-state index contributed by atoms with van der Waals surface area (Å²) in [5.41, 5.74) is 0.510. The number of hydrogen-bond donors (Lipinski definition) is 0. The number of oxazole rings is 1. The van der Waals surface area contributed by atoms with Crippen molar-refractivity contribution in [3.63, 3.8) is 0 Å². The number of hydrogen-bond acceptors (Lipinski definition) is 6. The van der Waals surface area contributed by atoms with Crippen molar-refractivity contribution in [1.29, 1.82) is 0 Å². The van der Waals surface area contributed by atoms with Crippen molar-refractivity contribution >= 4 is 50.0 Å². The van der Waals surface area contributed by atoms with Crippen molar-refractivity contribution in [1.82, 2.24) is 9.47 Å². The SMILES string of the molecule is CN(Cc1ccc(Br)s1)C(=O)CCCn1c(=O)oc2cc([N+](=O)[O-])ccc21. The average Bonchev–Trinajstić information content (AvgIpc) is 3.16. The highest BCUT2D eigenvalue weighted by Crippen LogP contribution is 2.23. The van der Waals surface area contributed by atoms with E-state index >= 15 is 0 Å². The first-order chi connectivity index (χ1) is 12.8. The van der Waals surface area contributed by atoms with E-state index in [-0.39, 0.29) is 23.6 Å². The number of benzene rings is 1. The number of halogens is 1. The summed E-state index contributed by atoms with van der Waals surface area (Å²) in [4.78, 5) is 37.3. The van der Waals surface area contributed by atoms with E-state index in [9.17, 15) is 19.7 Å². The minimum Gasteiger partial charge on any atom is -0.407 e. The third-order valence-corrected chi connectivity index (χ3v) is 5.69. The minimum absolute atomic E-state index is 0.0176. The summed E-state index contributed by atoms with van der Waals surface area (Å²) in [6.45, 7) is 0.834. The lowest BCUT2D eigenvalue weighted by molar-refractivity contribution is -0.384. The first-order valence-electron chi connectivity index (χ1n) is 8.11. The largest absolute Gasteiger partial charge is 0.419 e. The Hall–Kier alpha value is -2.46. The molecule has 0 bridgehead atoms. The number of thiophene rings is 1. The summed E-state index contributed by atoms with van der Waals surface area (Å²) in [6, 6.07) is 7.95. The highest BCUT2D eigenvalue weighted by molar-refractivity contribution is 9.11. The van der Waals surface area contributed by atoms with E-state index in [1.54, 1.807) is 23.3 Å². The average molecular weight is 454 g/mol. The molecule has 0 spiro atoms. The number of nitrogens with zero attached hydrogens (tertiary/aromatic N) is 3. The Morgan fingerprint density at radius 3 is 2.81 bits per heavy atom. The molecule has 0 aliphatic rings. The van der Waals surface area contributed by atoms with E-state index in [4.69, 9.17) is 4.42 Å². The van der Waals surface area contributed by atoms with Gasteiger partial charge in [0.1, 0.15) is 0 Å². The highest BCUT2D eigenvalue weighted by Gasteiger charge is 2.15. The van der Waals surface area contributed by atoms with Crippen LogP contribution in [0.5, 0.6) is 0 Å². The molecule has 0 aliphatic carbocycles. The predicted molar refractivity (Wildman–Crippen MR) is 105 cm³/mol. The van der Waals surface area contributed by atoms with Gasteiger partial charge in [0.05, 0.1) is 26.8 Å². The maximum Gasteiger partial charge on any atom is 0.419 e. The highest BCUT2D eigenvalue weighted by atomic mass is 79.9. The Kier molecular flexibility index (Phi) is 5.76. The molecule has 1 amide bonds. The van der Waals surface area contributed by atoms with Crippen molar-refractivity contribution < 1.29 is 14.1 Å². The molecule has 3 aromatic rings. The Labute approximate surface area is 166 Å². The van der Waals surface area contributed by atoms with Crippen molar-refractivity contribution in [2.24, 2.45) is 0 Å². The van der Waals surface area contributed by atoms with E-state index in [2.05, 4.69) is 15.9 Å². The molecule has 0 unspecified atom stereocenters. The van der Waals surface area contributed by atoms with Gasteiger partial charge < -0.3 is 9.32 Å². The van der Waals surface area contributed by atoms with Gasteiger partial charge in [-0.3, -0.25) is 19.5 Å². The maximum absolute atomic E-state index is 12.3. The van der Waals surface area contributed by atoms with Crippen LogP contribution in [0.15, 0.2) is 43.3 Å². The van der Waals surface area contributed by atoms with Crippen LogP contribution < -0.4 is 5.76 Å². The quantitative estimate of drug-likeness (QED) is 0.400. The Morgan fingerprint density at radius 1 is 1.37 bits per heavy atom. The smallest absolute Gasteiger partial charge is 0.407 e. The number of aromatic nitrogens is 1. The third-order valence-electron chi connectivity index (χ3n) is 4.08. The second-order valence-corrected chi connectivity index (χ2v) is 8.54. The summed E-state index contributed by atoms with van der Waals surface area (Å²) in [5, 5.41) is 10.8. The van der Waals surface area contributed by atoms with E-state index < -0.39 is 10.7 Å². The van der Waals surface area contributed by atoms with Crippen LogP contribution in [0.2, 0.25) is 0 Å². The number of aryl methyl sites for hydroxylation is 1. The standard InChI is InChI=1S/C17H16BrN3O5S/c1-19(10-12-5-7-15(18)27-12)16(22)3-2-8-20-13-6-4-11(21(24)25)9-14(13)26-17(20)23/h4-7,9H,2-3,8,10H2,1H3. The lowest BCUT2D eigenvalue weighted by Gasteiger charge is -2.16. The molecule has 2 aromatic heterocycles. The van der Waals surface area contributed by atoms with Gasteiger partial charge in [-0.2, -0.15) is 0 Å². The molecule has 8 nitrogen and oxygen atoms in total. The monoisotopic (exact) mass is 453 g/mol. The van der Waals surface area contributed by atoms with Crippen molar-refractivity contribution in [2.45, 2.75) is 25.9 Å². The van der Waals surface area contributed by atoms with Gasteiger partial charge in [-0.1, -0.05) is 0 Å². The second-order valence-electron chi connectivity index (χ2n) is 5.99. The fourth-order valence-electron chi connectivity index (χ4n) is 2.72. The number of nitro groups is 1. The topological polar surface area (TPSA) is 98.6 Å². The molecular formula is C17H16BrN3O5S. The van der Waals surface area contributed by atoms with Crippen LogP contribution >= 0.6 is 27.3 Å². The van der Waals surface area contributed by atoms with Crippen LogP contribution in [0.3, 0.4) is 0 Å². The molecule has 1 aromatic carbocycles. The zero-order valence-corrected chi connectivity index (χ0v) is 16.8. The van der Waals surface area contributed by atoms with Gasteiger partial charge in [0.2, 0.25) is 5.91 Å². The van der Waals surface area contributed by atoms with Crippen LogP contribution in [0.1, 0.15) is 17.7 Å². The number of carbonyl (C=O) groups is 1. The van der Waals surface area contributed by atoms with Crippen LogP contribution in [0.25, 0.3) is 11.1 Å². The molecule has 0 aliphatic heterocycles. The number of nitro benzene ring substituents is 1. The molecule has 27 heavy (non-hydrogen) atoms. The summed E-state index contributed by atoms with van der Waals surface area (Å²) in [6.07, 6.45) is 0.748. The summed E-state index contributed by atoms with van der Waals surface area (Å²) in [7, 11) is 1.74. The number of carbonyl (C=O) groups excluding carboxylic acids is 1. The van der Waals surface area contributed by atoms with E-state index in [1.807, 2.05) is 12.1 Å². The van der Waals surface area contributed by atoms with Crippen molar-refractivity contribution in [3.8, 4) is 0 Å². The molecule has 0 saturated carbocycles. The zero-order chi connectivity index (χ0) is 19.6. The molecule has 0 N–H and O–H groups in total. The zero-order valence-electron chi connectivity index (χ0n) is 14.4. The maximum atomic E-state index is 12.3. The van der Waals surface area contributed by atoms with Gasteiger partial charge in [-0.05, 0) is 40.5 Å². The third kappa shape index (κ3) is 4.45. The van der Waals surface area contributed by atoms with E-state index in [0.29, 0.717) is 25.0 Å². The lowest BCUT2D eigenvalue weighted by atomic mass is 10.2. The fraction of sp³-hybridized carbons (Fsp3) is 0.294. The fourth-order valence-corrected chi connectivity index (χ4v) is 4.26. The van der Waals surface area contributed by atoms with Gasteiger partial charge >= 0.3 is 5.76 Å². The van der Waals surface area contributed by atoms with E-state index in [1.165, 1.54) is 22.8 Å². The summed E-state index contributed by atoms with van der Waals surface area (Å²) in [5.74, 6) is -0.606. The molecular weight excluding hydrogens is 438 g/mol. The molecule has 142 valence electrons.